The average molecular weight is 718 g/mol. The third-order valence-electron chi connectivity index (χ3n) is 9.24. The number of hydrogen-bond donors (Lipinski definition) is 3. The summed E-state index contributed by atoms with van der Waals surface area (Å²) in [7, 11) is 0. The molecule has 0 saturated heterocycles. The number of aliphatic hydroxyl groups is 2. The van der Waals surface area contributed by atoms with Gasteiger partial charge in [0.15, 0.2) is 0 Å². The molecule has 0 aliphatic heterocycles. The summed E-state index contributed by atoms with van der Waals surface area (Å²) >= 11 is 0. The zero-order valence-corrected chi connectivity index (χ0v) is 34.0. The van der Waals surface area contributed by atoms with E-state index in [1.54, 1.807) is 0 Å². The minimum Gasteiger partial charge on any atom is -0.465 e. The van der Waals surface area contributed by atoms with E-state index in [9.17, 15) is 14.0 Å². The molecule has 0 fully saturated rings. The molecule has 0 aromatic rings. The lowest BCUT2D eigenvalue weighted by molar-refractivity contribution is -0.149. The van der Waals surface area contributed by atoms with Crippen LogP contribution in [0.25, 0.3) is 0 Å². The van der Waals surface area contributed by atoms with Crippen molar-refractivity contribution in [2.45, 2.75) is 214 Å². The lowest BCUT2D eigenvalue weighted by Crippen LogP contribution is -2.19. The SMILES string of the molecule is CCCCCCCCC(C=O)CCCCCC.CCCCCCCCC(CCCCCC)C(=O)OCCCF.OCCCCNCCCCO. The fourth-order valence-electron chi connectivity index (χ4n) is 5.86. The fourth-order valence-corrected chi connectivity index (χ4v) is 5.86. The van der Waals surface area contributed by atoms with Crippen LogP contribution in [-0.4, -0.2) is 62.1 Å². The van der Waals surface area contributed by atoms with Gasteiger partial charge in [0.05, 0.1) is 19.2 Å². The van der Waals surface area contributed by atoms with Crippen molar-refractivity contribution in [3.63, 3.8) is 0 Å². The predicted octanol–water partition coefficient (Wildman–Crippen LogP) is 11.9. The standard InChI is InChI=1S/C19H37FO2.C16H32O.C8H19NO2/c1-3-5-7-9-10-12-15-18(14-11-8-6-4-2)19(21)22-17-13-16-20;1-3-5-7-9-10-12-14-16(15-17)13-11-8-6-4-2;10-7-3-1-5-9-6-2-4-8-11/h18H,3-17H2,1-2H3;15-16H,3-14H2,1-2H3;9-11H,1-8H2. The van der Waals surface area contributed by atoms with Gasteiger partial charge in [0.25, 0.3) is 0 Å². The maximum atomic E-state index is 12.1. The Morgan fingerprint density at radius 2 is 0.940 bits per heavy atom. The second-order valence-electron chi connectivity index (χ2n) is 14.2. The molecule has 0 aliphatic carbocycles. The summed E-state index contributed by atoms with van der Waals surface area (Å²) in [6.07, 6.45) is 34.8. The topological polar surface area (TPSA) is 95.9 Å². The molecule has 0 amide bonds. The van der Waals surface area contributed by atoms with Crippen molar-refractivity contribution in [3.8, 4) is 0 Å². The largest absolute Gasteiger partial charge is 0.465 e. The van der Waals surface area contributed by atoms with E-state index in [0.717, 1.165) is 77.3 Å². The summed E-state index contributed by atoms with van der Waals surface area (Å²) in [6.45, 7) is 11.3. The van der Waals surface area contributed by atoms with Gasteiger partial charge in [-0.3, -0.25) is 9.18 Å². The van der Waals surface area contributed by atoms with Crippen LogP contribution in [0.3, 0.4) is 0 Å². The third-order valence-corrected chi connectivity index (χ3v) is 9.24. The number of ether oxygens (including phenoxy) is 1. The van der Waals surface area contributed by atoms with E-state index in [0.29, 0.717) is 25.6 Å². The highest BCUT2D eigenvalue weighted by molar-refractivity contribution is 5.72. The minimum absolute atomic E-state index is 0.0302. The van der Waals surface area contributed by atoms with Gasteiger partial charge in [-0.25, -0.2) is 0 Å². The monoisotopic (exact) mass is 718 g/mol. The van der Waals surface area contributed by atoms with Crippen LogP contribution < -0.4 is 5.32 Å². The van der Waals surface area contributed by atoms with Crippen LogP contribution in [-0.2, 0) is 14.3 Å². The number of unbranched alkanes of at least 4 members (excludes halogenated alkanes) is 18. The highest BCUT2D eigenvalue weighted by Gasteiger charge is 2.19. The van der Waals surface area contributed by atoms with E-state index in [-0.39, 0.29) is 18.5 Å². The van der Waals surface area contributed by atoms with E-state index >= 15 is 0 Å². The van der Waals surface area contributed by atoms with Gasteiger partial charge in [-0.05, 0) is 64.5 Å². The van der Waals surface area contributed by atoms with Gasteiger partial charge in [-0.15, -0.1) is 0 Å². The summed E-state index contributed by atoms with van der Waals surface area (Å²) < 4.78 is 17.3. The molecule has 0 saturated carbocycles. The predicted molar refractivity (Wildman–Crippen MR) is 214 cm³/mol. The number of carbonyl (C=O) groups excluding carboxylic acids is 2. The lowest BCUT2D eigenvalue weighted by Gasteiger charge is -2.16. The van der Waals surface area contributed by atoms with Gasteiger partial charge in [-0.1, -0.05) is 156 Å². The molecular weight excluding hydrogens is 629 g/mol. The maximum absolute atomic E-state index is 12.1. The summed E-state index contributed by atoms with van der Waals surface area (Å²) in [5.74, 6) is 0.277. The van der Waals surface area contributed by atoms with E-state index in [1.165, 1.54) is 122 Å². The fraction of sp³-hybridized carbons (Fsp3) is 0.953. The zero-order valence-electron chi connectivity index (χ0n) is 34.0. The second kappa shape index (κ2) is 50.1. The van der Waals surface area contributed by atoms with Gasteiger partial charge < -0.3 is 25.1 Å². The molecule has 2 atom stereocenters. The summed E-state index contributed by atoms with van der Waals surface area (Å²) in [5.41, 5.74) is 0. The number of esters is 1. The molecule has 6 nitrogen and oxygen atoms in total. The summed E-state index contributed by atoms with van der Waals surface area (Å²) in [6, 6.07) is 0. The molecule has 302 valence electrons. The molecule has 50 heavy (non-hydrogen) atoms. The summed E-state index contributed by atoms with van der Waals surface area (Å²) in [5, 5.41) is 20.1. The Hall–Kier alpha value is -1.05. The van der Waals surface area contributed by atoms with Crippen molar-refractivity contribution < 1.29 is 28.9 Å². The van der Waals surface area contributed by atoms with Crippen LogP contribution in [0, 0.1) is 11.8 Å². The molecule has 0 aromatic carbocycles. The number of aliphatic hydroxyl groups excluding tert-OH is 2. The smallest absolute Gasteiger partial charge is 0.308 e. The number of carbonyl (C=O) groups is 2. The van der Waals surface area contributed by atoms with Gasteiger partial charge in [0, 0.05) is 25.6 Å². The van der Waals surface area contributed by atoms with Crippen LogP contribution in [0.15, 0.2) is 0 Å². The Labute approximate surface area is 311 Å². The zero-order chi connectivity index (χ0) is 37.6. The molecule has 0 aromatic heterocycles. The molecule has 3 N–H and O–H groups in total. The van der Waals surface area contributed by atoms with Crippen molar-refractivity contribution in [1.29, 1.82) is 0 Å². The van der Waals surface area contributed by atoms with Gasteiger partial charge in [-0.2, -0.15) is 0 Å². The van der Waals surface area contributed by atoms with Crippen LogP contribution in [0.4, 0.5) is 4.39 Å². The van der Waals surface area contributed by atoms with Crippen molar-refractivity contribution >= 4 is 12.3 Å². The Balaban J connectivity index is -0.000000701. The Bertz CT molecular complexity index is 616. The first-order chi connectivity index (χ1) is 24.5. The molecule has 7 heteroatoms. The third kappa shape index (κ3) is 47.0. The maximum Gasteiger partial charge on any atom is 0.308 e. The highest BCUT2D eigenvalue weighted by atomic mass is 19.1. The van der Waals surface area contributed by atoms with Gasteiger partial charge in [0.1, 0.15) is 6.29 Å². The second-order valence-corrected chi connectivity index (χ2v) is 14.2. The van der Waals surface area contributed by atoms with Crippen LogP contribution in [0.5, 0.6) is 0 Å². The number of hydrogen-bond acceptors (Lipinski definition) is 6. The molecule has 0 spiro atoms. The first kappa shape index (κ1) is 53.3. The molecule has 0 aliphatic rings. The number of nitrogens with one attached hydrogen (secondary N) is 1. The molecule has 2 unspecified atom stereocenters. The van der Waals surface area contributed by atoms with E-state index in [1.807, 2.05) is 0 Å². The van der Waals surface area contributed by atoms with Gasteiger partial charge in [0.2, 0.25) is 0 Å². The minimum atomic E-state index is -0.411. The number of rotatable bonds is 37. The van der Waals surface area contributed by atoms with Gasteiger partial charge >= 0.3 is 5.97 Å². The van der Waals surface area contributed by atoms with E-state index in [4.69, 9.17) is 14.9 Å². The number of halogens is 1. The van der Waals surface area contributed by atoms with Crippen molar-refractivity contribution in [2.24, 2.45) is 11.8 Å². The van der Waals surface area contributed by atoms with Crippen molar-refractivity contribution in [3.05, 3.63) is 0 Å². The van der Waals surface area contributed by atoms with Crippen LogP contribution >= 0.6 is 0 Å². The van der Waals surface area contributed by atoms with Crippen LogP contribution in [0.2, 0.25) is 0 Å². The van der Waals surface area contributed by atoms with Crippen molar-refractivity contribution in [2.75, 3.05) is 39.6 Å². The van der Waals surface area contributed by atoms with Crippen molar-refractivity contribution in [1.82, 2.24) is 5.32 Å². The Morgan fingerprint density at radius 3 is 1.32 bits per heavy atom. The normalized spacial score (nSPS) is 12.0. The molecular formula is C43H88FNO5. The highest BCUT2D eigenvalue weighted by Crippen LogP contribution is 2.21. The average Bonchev–Trinajstić information content (AvgIpc) is 3.13. The first-order valence-corrected chi connectivity index (χ1v) is 21.6. The van der Waals surface area contributed by atoms with Crippen LogP contribution in [0.1, 0.15) is 214 Å². The Morgan fingerprint density at radius 1 is 0.560 bits per heavy atom. The molecule has 0 rings (SSSR count). The molecule has 0 bridgehead atoms. The Kier molecular flexibility index (Phi) is 53.4. The molecule has 0 heterocycles. The van der Waals surface area contributed by atoms with E-state index < -0.39 is 6.67 Å². The lowest BCUT2D eigenvalue weighted by atomic mass is 9.94. The van der Waals surface area contributed by atoms with E-state index in [2.05, 4.69) is 33.0 Å². The number of alkyl halides is 1. The quantitative estimate of drug-likeness (QED) is 0.0336. The molecule has 0 radical (unpaired) electrons. The number of aldehydes is 1. The first-order valence-electron chi connectivity index (χ1n) is 21.6. The summed E-state index contributed by atoms with van der Waals surface area (Å²) in [4.78, 5) is 23.0.